The highest BCUT2D eigenvalue weighted by atomic mass is 16.5. The van der Waals surface area contributed by atoms with Crippen molar-refractivity contribution >= 4 is 11.9 Å². The molecule has 0 radical (unpaired) electrons. The SMILES string of the molecule is CN(C)c1ncc(-c2ccccn2)c(C2CCC(CNC(=O)C3CCCO3)CC2)n1. The number of hydrogen-bond acceptors (Lipinski definition) is 6. The van der Waals surface area contributed by atoms with E-state index in [2.05, 4.69) is 15.3 Å². The molecule has 160 valence electrons. The third kappa shape index (κ3) is 4.78. The number of carbonyl (C=O) groups is 1. The molecular weight excluding hydrogens is 378 g/mol. The Morgan fingerprint density at radius 2 is 2.00 bits per heavy atom. The van der Waals surface area contributed by atoms with Gasteiger partial charge in [-0.05, 0) is 56.6 Å². The first-order valence-electron chi connectivity index (χ1n) is 11.0. The van der Waals surface area contributed by atoms with Gasteiger partial charge in [0.2, 0.25) is 11.9 Å². The standard InChI is InChI=1S/C23H31N5O2/c1-28(2)23-26-15-18(19-6-3-4-12-24-19)21(27-23)17-10-8-16(9-11-17)14-25-22(29)20-7-5-13-30-20/h3-4,6,12,15-17,20H,5,7-11,13-14H2,1-2H3,(H,25,29). The summed E-state index contributed by atoms with van der Waals surface area (Å²) in [6.45, 7) is 1.45. The number of ether oxygens (including phenoxy) is 1. The van der Waals surface area contributed by atoms with Crippen LogP contribution in [0.4, 0.5) is 5.95 Å². The quantitative estimate of drug-likeness (QED) is 0.789. The molecule has 30 heavy (non-hydrogen) atoms. The van der Waals surface area contributed by atoms with E-state index in [9.17, 15) is 4.79 Å². The van der Waals surface area contributed by atoms with Gasteiger partial charge in [0, 0.05) is 51.1 Å². The molecule has 1 saturated carbocycles. The van der Waals surface area contributed by atoms with Crippen LogP contribution in [-0.4, -0.2) is 54.2 Å². The maximum absolute atomic E-state index is 12.2. The van der Waals surface area contributed by atoms with Crippen molar-refractivity contribution in [2.24, 2.45) is 5.92 Å². The summed E-state index contributed by atoms with van der Waals surface area (Å²) < 4.78 is 5.48. The summed E-state index contributed by atoms with van der Waals surface area (Å²) in [6, 6.07) is 5.94. The third-order valence-electron chi connectivity index (χ3n) is 6.17. The molecule has 2 aliphatic rings. The maximum atomic E-state index is 12.2. The van der Waals surface area contributed by atoms with Crippen LogP contribution >= 0.6 is 0 Å². The topological polar surface area (TPSA) is 80.2 Å². The smallest absolute Gasteiger partial charge is 0.249 e. The normalized spacial score (nSPS) is 23.9. The van der Waals surface area contributed by atoms with Crippen LogP contribution in [-0.2, 0) is 9.53 Å². The number of hydrogen-bond donors (Lipinski definition) is 1. The van der Waals surface area contributed by atoms with Crippen LogP contribution in [0.2, 0.25) is 0 Å². The van der Waals surface area contributed by atoms with E-state index >= 15 is 0 Å². The van der Waals surface area contributed by atoms with E-state index in [0.717, 1.165) is 68.0 Å². The Morgan fingerprint density at radius 1 is 1.17 bits per heavy atom. The van der Waals surface area contributed by atoms with Gasteiger partial charge in [-0.15, -0.1) is 0 Å². The number of aromatic nitrogens is 3. The second kappa shape index (κ2) is 9.51. The van der Waals surface area contributed by atoms with Gasteiger partial charge in [0.25, 0.3) is 0 Å². The lowest BCUT2D eigenvalue weighted by Crippen LogP contribution is -2.37. The number of nitrogens with one attached hydrogen (secondary N) is 1. The molecule has 1 saturated heterocycles. The minimum atomic E-state index is -0.243. The second-order valence-electron chi connectivity index (χ2n) is 8.54. The molecule has 2 aromatic rings. The third-order valence-corrected chi connectivity index (χ3v) is 6.17. The molecule has 1 N–H and O–H groups in total. The molecule has 1 amide bonds. The van der Waals surface area contributed by atoms with Gasteiger partial charge in [-0.25, -0.2) is 9.97 Å². The summed E-state index contributed by atoms with van der Waals surface area (Å²) in [5.74, 6) is 1.68. The molecule has 3 heterocycles. The van der Waals surface area contributed by atoms with E-state index in [1.165, 1.54) is 0 Å². The maximum Gasteiger partial charge on any atom is 0.249 e. The lowest BCUT2D eigenvalue weighted by Gasteiger charge is -2.30. The fraction of sp³-hybridized carbons (Fsp3) is 0.565. The molecule has 0 spiro atoms. The number of rotatable bonds is 6. The monoisotopic (exact) mass is 409 g/mol. The Bertz CT molecular complexity index is 844. The van der Waals surface area contributed by atoms with Crippen molar-refractivity contribution in [3.05, 3.63) is 36.3 Å². The zero-order valence-corrected chi connectivity index (χ0v) is 17.9. The second-order valence-corrected chi connectivity index (χ2v) is 8.54. The van der Waals surface area contributed by atoms with Gasteiger partial charge in [0.05, 0.1) is 11.4 Å². The van der Waals surface area contributed by atoms with Crippen molar-refractivity contribution in [3.63, 3.8) is 0 Å². The molecule has 4 rings (SSSR count). The van der Waals surface area contributed by atoms with Crippen LogP contribution in [0.1, 0.15) is 50.1 Å². The molecule has 1 atom stereocenters. The molecule has 2 fully saturated rings. The predicted octanol–water partition coefficient (Wildman–Crippen LogP) is 3.17. The Balaban J connectivity index is 1.42. The highest BCUT2D eigenvalue weighted by Crippen LogP contribution is 2.38. The summed E-state index contributed by atoms with van der Waals surface area (Å²) in [5.41, 5.74) is 3.04. The zero-order chi connectivity index (χ0) is 20.9. The fourth-order valence-corrected chi connectivity index (χ4v) is 4.41. The van der Waals surface area contributed by atoms with Crippen molar-refractivity contribution in [1.29, 1.82) is 0 Å². The van der Waals surface area contributed by atoms with E-state index in [1.54, 1.807) is 0 Å². The predicted molar refractivity (Wildman–Crippen MR) is 116 cm³/mol. The van der Waals surface area contributed by atoms with Crippen molar-refractivity contribution < 1.29 is 9.53 Å². The average Bonchev–Trinajstić information content (AvgIpc) is 3.33. The molecular formula is C23H31N5O2. The Labute approximate surface area is 178 Å². The first kappa shape index (κ1) is 20.7. The molecule has 1 aliphatic heterocycles. The summed E-state index contributed by atoms with van der Waals surface area (Å²) in [4.78, 5) is 28.1. The Morgan fingerprint density at radius 3 is 2.67 bits per heavy atom. The van der Waals surface area contributed by atoms with Crippen LogP contribution in [0.15, 0.2) is 30.6 Å². The van der Waals surface area contributed by atoms with Crippen molar-refractivity contribution in [2.45, 2.75) is 50.5 Å². The number of anilines is 1. The number of amides is 1. The van der Waals surface area contributed by atoms with E-state index in [4.69, 9.17) is 9.72 Å². The summed E-state index contributed by atoms with van der Waals surface area (Å²) in [7, 11) is 3.93. The molecule has 0 aromatic carbocycles. The van der Waals surface area contributed by atoms with Crippen LogP contribution < -0.4 is 10.2 Å². The van der Waals surface area contributed by atoms with E-state index in [0.29, 0.717) is 18.4 Å². The van der Waals surface area contributed by atoms with Crippen LogP contribution in [0, 0.1) is 5.92 Å². The lowest BCUT2D eigenvalue weighted by atomic mass is 9.79. The minimum absolute atomic E-state index is 0.0542. The minimum Gasteiger partial charge on any atom is -0.368 e. The van der Waals surface area contributed by atoms with Gasteiger partial charge < -0.3 is 15.0 Å². The van der Waals surface area contributed by atoms with E-state index < -0.39 is 0 Å². The number of carbonyl (C=O) groups excluding carboxylic acids is 1. The van der Waals surface area contributed by atoms with E-state index in [-0.39, 0.29) is 12.0 Å². The van der Waals surface area contributed by atoms with Gasteiger partial charge in [-0.1, -0.05) is 6.07 Å². The van der Waals surface area contributed by atoms with Crippen LogP contribution in [0.25, 0.3) is 11.3 Å². The Hall–Kier alpha value is -2.54. The summed E-state index contributed by atoms with van der Waals surface area (Å²) in [5, 5.41) is 3.10. The first-order chi connectivity index (χ1) is 14.6. The molecule has 1 aliphatic carbocycles. The summed E-state index contributed by atoms with van der Waals surface area (Å²) in [6.07, 6.45) is 9.59. The number of pyridine rings is 1. The molecule has 7 nitrogen and oxygen atoms in total. The van der Waals surface area contributed by atoms with Crippen molar-refractivity contribution in [2.75, 3.05) is 32.1 Å². The average molecular weight is 410 g/mol. The van der Waals surface area contributed by atoms with Gasteiger partial charge in [-0.2, -0.15) is 0 Å². The first-order valence-corrected chi connectivity index (χ1v) is 11.0. The summed E-state index contributed by atoms with van der Waals surface area (Å²) >= 11 is 0. The van der Waals surface area contributed by atoms with Crippen LogP contribution in [0.3, 0.4) is 0 Å². The van der Waals surface area contributed by atoms with Gasteiger partial charge in [-0.3, -0.25) is 9.78 Å². The molecule has 2 aromatic heterocycles. The highest BCUT2D eigenvalue weighted by Gasteiger charge is 2.28. The molecule has 7 heteroatoms. The Kier molecular flexibility index (Phi) is 6.57. The highest BCUT2D eigenvalue weighted by molar-refractivity contribution is 5.80. The zero-order valence-electron chi connectivity index (χ0n) is 17.9. The largest absolute Gasteiger partial charge is 0.368 e. The van der Waals surface area contributed by atoms with Gasteiger partial charge in [0.1, 0.15) is 6.10 Å². The van der Waals surface area contributed by atoms with Crippen molar-refractivity contribution in [3.8, 4) is 11.3 Å². The van der Waals surface area contributed by atoms with Crippen molar-refractivity contribution in [1.82, 2.24) is 20.3 Å². The molecule has 0 bridgehead atoms. The van der Waals surface area contributed by atoms with E-state index in [1.807, 2.05) is 49.6 Å². The van der Waals surface area contributed by atoms with Crippen LogP contribution in [0.5, 0.6) is 0 Å². The number of nitrogens with zero attached hydrogens (tertiary/aromatic N) is 4. The molecule has 1 unspecified atom stereocenters. The fourth-order valence-electron chi connectivity index (χ4n) is 4.41. The van der Waals surface area contributed by atoms with Gasteiger partial charge in [0.15, 0.2) is 0 Å². The van der Waals surface area contributed by atoms with Gasteiger partial charge >= 0.3 is 0 Å². The lowest BCUT2D eigenvalue weighted by molar-refractivity contribution is -0.130.